The number of likely N-dealkylation sites (N-methyl/N-ethyl adjacent to an activating group) is 1. The van der Waals surface area contributed by atoms with Gasteiger partial charge in [0.15, 0.2) is 0 Å². The van der Waals surface area contributed by atoms with Gasteiger partial charge in [-0.15, -0.1) is 0 Å². The van der Waals surface area contributed by atoms with Crippen molar-refractivity contribution in [2.24, 2.45) is 5.73 Å². The monoisotopic (exact) mass is 215 g/mol. The van der Waals surface area contributed by atoms with Crippen LogP contribution < -0.4 is 16.4 Å². The number of carbonyl (C=O) groups excluding carboxylic acids is 1. The molecule has 90 valence electrons. The van der Waals surface area contributed by atoms with Crippen LogP contribution in [0.25, 0.3) is 0 Å². The van der Waals surface area contributed by atoms with Gasteiger partial charge < -0.3 is 16.4 Å². The molecule has 1 aliphatic rings. The second-order valence-corrected chi connectivity index (χ2v) is 3.63. The minimum absolute atomic E-state index is 0.185. The van der Waals surface area contributed by atoms with Gasteiger partial charge >= 0.3 is 0 Å². The Labute approximate surface area is 93.0 Å². The maximum atomic E-state index is 10.9. The van der Waals surface area contributed by atoms with E-state index >= 15 is 0 Å². The van der Waals surface area contributed by atoms with E-state index in [9.17, 15) is 4.79 Å². The lowest BCUT2D eigenvalue weighted by molar-refractivity contribution is -0.120. The summed E-state index contributed by atoms with van der Waals surface area (Å²) >= 11 is 0. The maximum absolute atomic E-state index is 10.9. The molecule has 0 radical (unpaired) electrons. The Bertz CT molecular complexity index is 167. The van der Waals surface area contributed by atoms with Crippen molar-refractivity contribution < 1.29 is 4.79 Å². The SMILES string of the molecule is CC.CNC(CC1CCCCN1)C(N)=O. The van der Waals surface area contributed by atoms with Crippen LogP contribution in [0, 0.1) is 0 Å². The first kappa shape index (κ1) is 14.4. The molecule has 4 heteroatoms. The van der Waals surface area contributed by atoms with Crippen LogP contribution in [-0.4, -0.2) is 31.6 Å². The molecule has 4 N–H and O–H groups in total. The molecule has 1 saturated heterocycles. The lowest BCUT2D eigenvalue weighted by Gasteiger charge is -2.26. The average Bonchev–Trinajstić information content (AvgIpc) is 2.29. The van der Waals surface area contributed by atoms with Gasteiger partial charge in [-0.2, -0.15) is 0 Å². The van der Waals surface area contributed by atoms with Crippen LogP contribution in [0.4, 0.5) is 0 Å². The minimum atomic E-state index is -0.255. The number of carbonyl (C=O) groups is 1. The Kier molecular flexibility index (Phi) is 8.33. The van der Waals surface area contributed by atoms with Crippen molar-refractivity contribution >= 4 is 5.91 Å². The zero-order valence-corrected chi connectivity index (χ0v) is 10.2. The van der Waals surface area contributed by atoms with E-state index in [0.29, 0.717) is 6.04 Å². The Morgan fingerprint density at radius 3 is 2.60 bits per heavy atom. The second-order valence-electron chi connectivity index (χ2n) is 3.63. The molecule has 0 bridgehead atoms. The molecule has 0 aromatic rings. The van der Waals surface area contributed by atoms with Gasteiger partial charge in [0.2, 0.25) is 5.91 Å². The summed E-state index contributed by atoms with van der Waals surface area (Å²) in [6.45, 7) is 5.07. The molecule has 0 aromatic heterocycles. The number of nitrogens with one attached hydrogen (secondary N) is 2. The van der Waals surface area contributed by atoms with Crippen molar-refractivity contribution in [1.29, 1.82) is 0 Å². The standard InChI is InChI=1S/C9H19N3O.C2H6/c1-11-8(9(10)13)6-7-4-2-3-5-12-7;1-2/h7-8,11-12H,2-6H2,1H3,(H2,10,13);1-2H3. The van der Waals surface area contributed by atoms with E-state index < -0.39 is 0 Å². The first-order chi connectivity index (χ1) is 7.24. The predicted molar refractivity (Wildman–Crippen MR) is 63.6 cm³/mol. The van der Waals surface area contributed by atoms with Crippen LogP contribution in [0.2, 0.25) is 0 Å². The van der Waals surface area contributed by atoms with E-state index in [2.05, 4.69) is 10.6 Å². The highest BCUT2D eigenvalue weighted by molar-refractivity contribution is 5.79. The summed E-state index contributed by atoms with van der Waals surface area (Å²) in [5, 5.41) is 6.33. The highest BCUT2D eigenvalue weighted by Crippen LogP contribution is 2.11. The molecular weight excluding hydrogens is 190 g/mol. The zero-order valence-electron chi connectivity index (χ0n) is 10.2. The van der Waals surface area contributed by atoms with Crippen LogP contribution in [0.5, 0.6) is 0 Å². The molecule has 0 aliphatic carbocycles. The van der Waals surface area contributed by atoms with Crippen molar-refractivity contribution in [3.63, 3.8) is 0 Å². The smallest absolute Gasteiger partial charge is 0.234 e. The summed E-state index contributed by atoms with van der Waals surface area (Å²) in [7, 11) is 1.78. The highest BCUT2D eigenvalue weighted by atomic mass is 16.1. The number of amides is 1. The maximum Gasteiger partial charge on any atom is 0.234 e. The van der Waals surface area contributed by atoms with Crippen molar-refractivity contribution in [3.05, 3.63) is 0 Å². The predicted octanol–water partition coefficient (Wildman–Crippen LogP) is 0.618. The van der Waals surface area contributed by atoms with Crippen molar-refractivity contribution in [3.8, 4) is 0 Å². The fourth-order valence-electron chi connectivity index (χ4n) is 1.79. The first-order valence-electron chi connectivity index (χ1n) is 5.94. The zero-order chi connectivity index (χ0) is 11.7. The van der Waals surface area contributed by atoms with Crippen LogP contribution in [0.3, 0.4) is 0 Å². The summed E-state index contributed by atoms with van der Waals surface area (Å²) in [5.41, 5.74) is 5.24. The highest BCUT2D eigenvalue weighted by Gasteiger charge is 2.20. The van der Waals surface area contributed by atoms with E-state index in [4.69, 9.17) is 5.73 Å². The largest absolute Gasteiger partial charge is 0.368 e. The number of hydrogen-bond acceptors (Lipinski definition) is 3. The van der Waals surface area contributed by atoms with Gasteiger partial charge in [-0.3, -0.25) is 4.79 Å². The van der Waals surface area contributed by atoms with Crippen molar-refractivity contribution in [1.82, 2.24) is 10.6 Å². The van der Waals surface area contributed by atoms with E-state index in [1.807, 2.05) is 13.8 Å². The van der Waals surface area contributed by atoms with Gasteiger partial charge in [0.25, 0.3) is 0 Å². The van der Waals surface area contributed by atoms with Gasteiger partial charge in [-0.05, 0) is 32.9 Å². The Balaban J connectivity index is 0.000000921. The third-order valence-electron chi connectivity index (χ3n) is 2.62. The molecule has 1 heterocycles. The molecule has 2 atom stereocenters. The molecule has 1 amide bonds. The van der Waals surface area contributed by atoms with Crippen LogP contribution >= 0.6 is 0 Å². The quantitative estimate of drug-likeness (QED) is 0.644. The van der Waals surface area contributed by atoms with Crippen molar-refractivity contribution in [2.75, 3.05) is 13.6 Å². The van der Waals surface area contributed by atoms with E-state index in [0.717, 1.165) is 19.4 Å². The molecule has 1 rings (SSSR count). The van der Waals surface area contributed by atoms with E-state index in [1.165, 1.54) is 12.8 Å². The lowest BCUT2D eigenvalue weighted by atomic mass is 9.98. The molecule has 15 heavy (non-hydrogen) atoms. The fraction of sp³-hybridized carbons (Fsp3) is 0.909. The molecule has 1 fully saturated rings. The Morgan fingerprint density at radius 1 is 1.53 bits per heavy atom. The number of nitrogens with two attached hydrogens (primary N) is 1. The van der Waals surface area contributed by atoms with Gasteiger partial charge in [0, 0.05) is 6.04 Å². The lowest BCUT2D eigenvalue weighted by Crippen LogP contribution is -2.46. The number of piperidine rings is 1. The van der Waals surface area contributed by atoms with E-state index in [1.54, 1.807) is 7.05 Å². The summed E-state index contributed by atoms with van der Waals surface area (Å²) < 4.78 is 0. The average molecular weight is 215 g/mol. The van der Waals surface area contributed by atoms with Crippen LogP contribution in [0.1, 0.15) is 39.5 Å². The van der Waals surface area contributed by atoms with Crippen LogP contribution in [0.15, 0.2) is 0 Å². The topological polar surface area (TPSA) is 67.2 Å². The summed E-state index contributed by atoms with van der Waals surface area (Å²) in [6, 6.07) is 0.272. The number of rotatable bonds is 4. The van der Waals surface area contributed by atoms with Crippen LogP contribution in [-0.2, 0) is 4.79 Å². The third kappa shape index (κ3) is 5.74. The summed E-state index contributed by atoms with van der Waals surface area (Å²) in [4.78, 5) is 10.9. The van der Waals surface area contributed by atoms with Gasteiger partial charge in [0.05, 0.1) is 6.04 Å². The van der Waals surface area contributed by atoms with Gasteiger partial charge in [-0.25, -0.2) is 0 Å². The molecule has 0 spiro atoms. The summed E-state index contributed by atoms with van der Waals surface area (Å²) in [5.74, 6) is -0.255. The van der Waals surface area contributed by atoms with Crippen molar-refractivity contribution in [2.45, 2.75) is 51.6 Å². The third-order valence-corrected chi connectivity index (χ3v) is 2.62. The summed E-state index contributed by atoms with van der Waals surface area (Å²) in [6.07, 6.45) is 4.47. The second kappa shape index (κ2) is 8.68. The molecule has 4 nitrogen and oxygen atoms in total. The number of primary amides is 1. The molecule has 1 aliphatic heterocycles. The van der Waals surface area contributed by atoms with Gasteiger partial charge in [0.1, 0.15) is 0 Å². The Hall–Kier alpha value is -0.610. The normalized spacial score (nSPS) is 22.5. The molecule has 0 aromatic carbocycles. The molecular formula is C11H25N3O. The first-order valence-corrected chi connectivity index (χ1v) is 5.94. The minimum Gasteiger partial charge on any atom is -0.368 e. The molecule has 2 unspecified atom stereocenters. The Morgan fingerprint density at radius 2 is 2.20 bits per heavy atom. The van der Waals surface area contributed by atoms with Gasteiger partial charge in [-0.1, -0.05) is 20.3 Å². The fourth-order valence-corrected chi connectivity index (χ4v) is 1.79. The number of hydrogen-bond donors (Lipinski definition) is 3. The van der Waals surface area contributed by atoms with E-state index in [-0.39, 0.29) is 11.9 Å². The molecule has 0 saturated carbocycles.